The molecule has 0 aliphatic heterocycles. The Balaban J connectivity index is 3.46. The highest BCUT2D eigenvalue weighted by molar-refractivity contribution is 14.1. The molecule has 0 aromatic heterocycles. The van der Waals surface area contributed by atoms with Crippen LogP contribution >= 0.6 is 45.8 Å². The van der Waals surface area contributed by atoms with Gasteiger partial charge in [-0.3, -0.25) is 0 Å². The zero-order valence-corrected chi connectivity index (χ0v) is 9.95. The molecule has 0 amide bonds. The van der Waals surface area contributed by atoms with Crippen LogP contribution in [0.25, 0.3) is 0 Å². The van der Waals surface area contributed by atoms with Crippen molar-refractivity contribution in [1.82, 2.24) is 0 Å². The third kappa shape index (κ3) is 5.03. The molecule has 0 heterocycles. The molecule has 10 heavy (non-hydrogen) atoms. The lowest BCUT2D eigenvalue weighted by molar-refractivity contribution is 0.573. The molecule has 62 valence electrons. The summed E-state index contributed by atoms with van der Waals surface area (Å²) in [5.74, 6) is 0.685. The maximum Gasteiger partial charge on any atom is 0.0499 e. The molecule has 0 aromatic rings. The molecule has 0 bridgehead atoms. The Kier molecular flexibility index (Phi) is 6.67. The Morgan fingerprint density at radius 1 is 1.30 bits per heavy atom. The minimum absolute atomic E-state index is 0.0899. The van der Waals surface area contributed by atoms with Crippen LogP contribution in [0.3, 0.4) is 0 Å². The van der Waals surface area contributed by atoms with Crippen molar-refractivity contribution in [2.24, 2.45) is 5.92 Å². The molecule has 0 nitrogen and oxygen atoms in total. The van der Waals surface area contributed by atoms with E-state index in [4.69, 9.17) is 23.2 Å². The van der Waals surface area contributed by atoms with E-state index < -0.39 is 0 Å². The van der Waals surface area contributed by atoms with E-state index >= 15 is 0 Å². The molecular formula is C7H13Cl2I. The normalized spacial score (nSPS) is 20.1. The number of rotatable bonds is 4. The van der Waals surface area contributed by atoms with E-state index in [-0.39, 0.29) is 10.8 Å². The zero-order valence-electron chi connectivity index (χ0n) is 6.28. The van der Waals surface area contributed by atoms with Crippen LogP contribution in [0, 0.1) is 5.92 Å². The van der Waals surface area contributed by atoms with Crippen LogP contribution in [-0.4, -0.2) is 15.2 Å². The Morgan fingerprint density at radius 2 is 1.80 bits per heavy atom. The second-order valence-electron chi connectivity index (χ2n) is 2.69. The summed E-state index contributed by atoms with van der Waals surface area (Å²) in [5, 5.41) is 0.221. The number of alkyl halides is 3. The molecule has 0 rings (SSSR count). The van der Waals surface area contributed by atoms with E-state index in [0.29, 0.717) is 5.92 Å². The standard InChI is InChI=1S/C7H13Cl2I/c1-5(4-10)3-7(9)6(2)8/h5-7H,3-4H2,1-2H3. The first-order valence-corrected chi connectivity index (χ1v) is 5.81. The minimum Gasteiger partial charge on any atom is -0.122 e. The molecule has 3 heteroatoms. The van der Waals surface area contributed by atoms with Gasteiger partial charge in [0, 0.05) is 15.2 Å². The summed E-state index contributed by atoms with van der Waals surface area (Å²) in [4.78, 5) is 0. The molecule has 0 radical (unpaired) electrons. The van der Waals surface area contributed by atoms with E-state index in [2.05, 4.69) is 29.5 Å². The van der Waals surface area contributed by atoms with Crippen molar-refractivity contribution in [2.45, 2.75) is 31.0 Å². The molecule has 0 fully saturated rings. The van der Waals surface area contributed by atoms with Crippen molar-refractivity contribution in [2.75, 3.05) is 4.43 Å². The predicted octanol–water partition coefficient (Wildman–Crippen LogP) is 3.68. The molecule has 3 unspecified atom stereocenters. The van der Waals surface area contributed by atoms with Gasteiger partial charge < -0.3 is 0 Å². The summed E-state index contributed by atoms with van der Waals surface area (Å²) in [6, 6.07) is 0. The van der Waals surface area contributed by atoms with Crippen molar-refractivity contribution >= 4 is 45.8 Å². The first-order chi connectivity index (χ1) is 4.57. The van der Waals surface area contributed by atoms with E-state index in [1.165, 1.54) is 0 Å². The van der Waals surface area contributed by atoms with Gasteiger partial charge in [-0.1, -0.05) is 29.5 Å². The topological polar surface area (TPSA) is 0 Å². The summed E-state index contributed by atoms with van der Waals surface area (Å²) >= 11 is 14.1. The third-order valence-electron chi connectivity index (χ3n) is 1.39. The van der Waals surface area contributed by atoms with Crippen LogP contribution < -0.4 is 0 Å². The molecule has 0 aliphatic carbocycles. The zero-order chi connectivity index (χ0) is 8.15. The Bertz CT molecular complexity index is 85.7. The lowest BCUT2D eigenvalue weighted by Crippen LogP contribution is -2.15. The summed E-state index contributed by atoms with van der Waals surface area (Å²) in [6.07, 6.45) is 1.02. The lowest BCUT2D eigenvalue weighted by Gasteiger charge is -2.14. The van der Waals surface area contributed by atoms with Gasteiger partial charge in [0.05, 0.1) is 0 Å². The van der Waals surface area contributed by atoms with E-state index in [9.17, 15) is 0 Å². The van der Waals surface area contributed by atoms with Crippen molar-refractivity contribution in [3.05, 3.63) is 0 Å². The predicted molar refractivity (Wildman–Crippen MR) is 57.6 cm³/mol. The monoisotopic (exact) mass is 294 g/mol. The number of halogens is 3. The lowest BCUT2D eigenvalue weighted by atomic mass is 10.1. The van der Waals surface area contributed by atoms with Crippen LogP contribution in [0.2, 0.25) is 0 Å². The fraction of sp³-hybridized carbons (Fsp3) is 1.00. The van der Waals surface area contributed by atoms with Crippen LogP contribution in [0.4, 0.5) is 0 Å². The Hall–Kier alpha value is 1.31. The van der Waals surface area contributed by atoms with Gasteiger partial charge in [-0.15, -0.1) is 23.2 Å². The molecule has 3 atom stereocenters. The molecule has 0 saturated heterocycles. The van der Waals surface area contributed by atoms with Gasteiger partial charge in [0.25, 0.3) is 0 Å². The highest BCUT2D eigenvalue weighted by Gasteiger charge is 2.14. The average Bonchev–Trinajstić information content (AvgIpc) is 1.87. The smallest absolute Gasteiger partial charge is 0.0499 e. The van der Waals surface area contributed by atoms with Gasteiger partial charge in [0.15, 0.2) is 0 Å². The Morgan fingerprint density at radius 3 is 2.10 bits per heavy atom. The number of hydrogen-bond donors (Lipinski definition) is 0. The van der Waals surface area contributed by atoms with Crippen LogP contribution in [-0.2, 0) is 0 Å². The maximum absolute atomic E-state index is 5.95. The first kappa shape index (κ1) is 11.3. The molecule has 0 spiro atoms. The van der Waals surface area contributed by atoms with Crippen molar-refractivity contribution < 1.29 is 0 Å². The maximum atomic E-state index is 5.95. The second kappa shape index (κ2) is 5.90. The average molecular weight is 295 g/mol. The fourth-order valence-corrected chi connectivity index (χ4v) is 1.40. The second-order valence-corrected chi connectivity index (χ2v) is 4.82. The van der Waals surface area contributed by atoms with Gasteiger partial charge in [0.1, 0.15) is 0 Å². The largest absolute Gasteiger partial charge is 0.122 e. The third-order valence-corrected chi connectivity index (χ3v) is 3.88. The van der Waals surface area contributed by atoms with E-state index in [1.54, 1.807) is 0 Å². The first-order valence-electron chi connectivity index (χ1n) is 3.42. The summed E-state index contributed by atoms with van der Waals surface area (Å²) in [5.41, 5.74) is 0. The highest BCUT2D eigenvalue weighted by atomic mass is 127. The van der Waals surface area contributed by atoms with Crippen molar-refractivity contribution in [3.63, 3.8) is 0 Å². The summed E-state index contributed by atoms with van der Waals surface area (Å²) in [7, 11) is 0. The van der Waals surface area contributed by atoms with E-state index in [0.717, 1.165) is 10.8 Å². The quantitative estimate of drug-likeness (QED) is 0.548. The molecular weight excluding hydrogens is 282 g/mol. The fourth-order valence-electron chi connectivity index (χ4n) is 0.635. The Labute approximate surface area is 86.8 Å². The number of hydrogen-bond acceptors (Lipinski definition) is 0. The summed E-state index contributed by atoms with van der Waals surface area (Å²) < 4.78 is 1.16. The van der Waals surface area contributed by atoms with Crippen molar-refractivity contribution in [3.8, 4) is 0 Å². The van der Waals surface area contributed by atoms with Gasteiger partial charge in [-0.2, -0.15) is 0 Å². The molecule has 0 N–H and O–H groups in total. The molecule has 0 saturated carbocycles. The van der Waals surface area contributed by atoms with E-state index in [1.807, 2.05) is 6.92 Å². The van der Waals surface area contributed by atoms with Gasteiger partial charge in [0.2, 0.25) is 0 Å². The molecule has 0 aromatic carbocycles. The van der Waals surface area contributed by atoms with Gasteiger partial charge in [-0.05, 0) is 19.3 Å². The highest BCUT2D eigenvalue weighted by Crippen LogP contribution is 2.19. The van der Waals surface area contributed by atoms with Crippen LogP contribution in [0.1, 0.15) is 20.3 Å². The van der Waals surface area contributed by atoms with Crippen LogP contribution in [0.5, 0.6) is 0 Å². The molecule has 0 aliphatic rings. The minimum atomic E-state index is 0.0899. The van der Waals surface area contributed by atoms with Gasteiger partial charge in [-0.25, -0.2) is 0 Å². The summed E-state index contributed by atoms with van der Waals surface area (Å²) in [6.45, 7) is 4.14. The van der Waals surface area contributed by atoms with Crippen LogP contribution in [0.15, 0.2) is 0 Å². The van der Waals surface area contributed by atoms with Gasteiger partial charge >= 0.3 is 0 Å². The SMILES string of the molecule is CC(CI)CC(Cl)C(C)Cl. The van der Waals surface area contributed by atoms with Crippen molar-refractivity contribution in [1.29, 1.82) is 0 Å².